The molecule has 3 N–H and O–H groups in total. The lowest BCUT2D eigenvalue weighted by Crippen LogP contribution is -2.13. The molecule has 1 aromatic heterocycles. The monoisotopic (exact) mass is 257 g/mol. The van der Waals surface area contributed by atoms with Crippen LogP contribution in [0.4, 0.5) is 5.82 Å². The number of carboxylic acid groups (broad SMARTS) is 1. The molecule has 16 heavy (non-hydrogen) atoms. The number of thioether (sulfide) groups is 2. The maximum absolute atomic E-state index is 10.7. The van der Waals surface area contributed by atoms with Crippen molar-refractivity contribution in [3.05, 3.63) is 17.6 Å². The first kappa shape index (κ1) is 11.5. The fraction of sp³-hybridized carbons (Fsp3) is 0.444. The summed E-state index contributed by atoms with van der Waals surface area (Å²) < 4.78 is 0. The Labute approximate surface area is 101 Å². The van der Waals surface area contributed by atoms with Gasteiger partial charge in [0.25, 0.3) is 0 Å². The molecule has 86 valence electrons. The first-order chi connectivity index (χ1) is 7.68. The molecule has 1 unspecified atom stereocenters. The molecule has 0 spiro atoms. The summed E-state index contributed by atoms with van der Waals surface area (Å²) in [7, 11) is 0. The summed E-state index contributed by atoms with van der Waals surface area (Å²) in [6.45, 7) is 0. The van der Waals surface area contributed by atoms with Crippen molar-refractivity contribution in [2.24, 2.45) is 0 Å². The third-order valence-electron chi connectivity index (χ3n) is 2.17. The standard InChI is InChI=1S/C9H11N3O2S2/c10-7-5(9(13)14)3-11-8(12-7)6-4-15-1-2-16-6/h3,6H,1-2,4H2,(H,13,14)(H2,10,11,12). The second kappa shape index (κ2) is 4.92. The molecule has 1 saturated heterocycles. The van der Waals surface area contributed by atoms with E-state index < -0.39 is 5.97 Å². The van der Waals surface area contributed by atoms with E-state index in [0.717, 1.165) is 17.3 Å². The van der Waals surface area contributed by atoms with Crippen molar-refractivity contribution < 1.29 is 9.90 Å². The number of carboxylic acids is 1. The van der Waals surface area contributed by atoms with Crippen LogP contribution in [0, 0.1) is 0 Å². The Bertz CT molecular complexity index is 408. The van der Waals surface area contributed by atoms with Gasteiger partial charge in [-0.2, -0.15) is 11.8 Å². The Morgan fingerprint density at radius 1 is 1.56 bits per heavy atom. The number of nitrogens with zero attached hydrogens (tertiary/aromatic N) is 2. The Morgan fingerprint density at radius 3 is 2.94 bits per heavy atom. The summed E-state index contributed by atoms with van der Waals surface area (Å²) in [4.78, 5) is 18.9. The van der Waals surface area contributed by atoms with E-state index in [2.05, 4.69) is 9.97 Å². The minimum Gasteiger partial charge on any atom is -0.477 e. The van der Waals surface area contributed by atoms with Crippen molar-refractivity contribution in [2.45, 2.75) is 5.25 Å². The Balaban J connectivity index is 2.23. The molecule has 2 heterocycles. The predicted octanol–water partition coefficient (Wildman–Crippen LogP) is 1.28. The molecular weight excluding hydrogens is 246 g/mol. The third kappa shape index (κ3) is 2.41. The van der Waals surface area contributed by atoms with E-state index in [0.29, 0.717) is 5.82 Å². The third-order valence-corrected chi connectivity index (χ3v) is 4.92. The molecule has 2 rings (SSSR count). The molecule has 0 aliphatic carbocycles. The van der Waals surface area contributed by atoms with Crippen molar-refractivity contribution in [3.8, 4) is 0 Å². The van der Waals surface area contributed by atoms with Crippen LogP contribution in [0.5, 0.6) is 0 Å². The van der Waals surface area contributed by atoms with Gasteiger partial charge in [0.15, 0.2) is 0 Å². The number of nitrogens with two attached hydrogens (primary N) is 1. The summed E-state index contributed by atoms with van der Waals surface area (Å²) in [5.74, 6) is 2.77. The molecule has 0 saturated carbocycles. The van der Waals surface area contributed by atoms with Gasteiger partial charge in [-0.05, 0) is 0 Å². The van der Waals surface area contributed by atoms with Crippen LogP contribution in [0.25, 0.3) is 0 Å². The summed E-state index contributed by atoms with van der Waals surface area (Å²) >= 11 is 3.65. The number of aromatic carboxylic acids is 1. The fourth-order valence-electron chi connectivity index (χ4n) is 1.37. The highest BCUT2D eigenvalue weighted by atomic mass is 32.2. The Morgan fingerprint density at radius 2 is 2.38 bits per heavy atom. The van der Waals surface area contributed by atoms with E-state index in [1.165, 1.54) is 6.20 Å². The zero-order valence-corrected chi connectivity index (χ0v) is 10.1. The molecule has 1 aliphatic rings. The number of anilines is 1. The van der Waals surface area contributed by atoms with Crippen molar-refractivity contribution >= 4 is 35.3 Å². The predicted molar refractivity (Wildman–Crippen MR) is 65.9 cm³/mol. The topological polar surface area (TPSA) is 89.1 Å². The van der Waals surface area contributed by atoms with Crippen LogP contribution >= 0.6 is 23.5 Å². The first-order valence-corrected chi connectivity index (χ1v) is 6.94. The van der Waals surface area contributed by atoms with Gasteiger partial charge in [0.2, 0.25) is 0 Å². The molecule has 0 aromatic carbocycles. The van der Waals surface area contributed by atoms with Crippen molar-refractivity contribution in [2.75, 3.05) is 23.0 Å². The van der Waals surface area contributed by atoms with Gasteiger partial charge in [-0.1, -0.05) is 0 Å². The summed E-state index contributed by atoms with van der Waals surface area (Å²) in [6, 6.07) is 0. The number of hydrogen-bond acceptors (Lipinski definition) is 6. The van der Waals surface area contributed by atoms with E-state index in [1.54, 1.807) is 11.8 Å². The fourth-order valence-corrected chi connectivity index (χ4v) is 3.97. The SMILES string of the molecule is Nc1nc(C2CSCCS2)ncc1C(=O)O. The van der Waals surface area contributed by atoms with E-state index in [1.807, 2.05) is 11.8 Å². The number of aromatic nitrogens is 2. The molecule has 1 fully saturated rings. The summed E-state index contributed by atoms with van der Waals surface area (Å²) in [5.41, 5.74) is 5.55. The van der Waals surface area contributed by atoms with E-state index >= 15 is 0 Å². The van der Waals surface area contributed by atoms with Gasteiger partial charge in [0.05, 0.1) is 5.25 Å². The van der Waals surface area contributed by atoms with E-state index in [4.69, 9.17) is 10.8 Å². The van der Waals surface area contributed by atoms with Crippen molar-refractivity contribution in [1.82, 2.24) is 9.97 Å². The Kier molecular flexibility index (Phi) is 3.55. The Hall–Kier alpha value is -0.950. The molecule has 1 aliphatic heterocycles. The highest BCUT2D eigenvalue weighted by Gasteiger charge is 2.21. The van der Waals surface area contributed by atoms with Crippen molar-refractivity contribution in [1.29, 1.82) is 0 Å². The number of nitrogen functional groups attached to an aromatic ring is 1. The number of rotatable bonds is 2. The van der Waals surface area contributed by atoms with Crippen LogP contribution in [0.2, 0.25) is 0 Å². The number of carbonyl (C=O) groups is 1. The molecule has 0 radical (unpaired) electrons. The average molecular weight is 257 g/mol. The van der Waals surface area contributed by atoms with Gasteiger partial charge in [0, 0.05) is 23.5 Å². The lowest BCUT2D eigenvalue weighted by atomic mass is 10.3. The van der Waals surface area contributed by atoms with E-state index in [9.17, 15) is 4.79 Å². The molecule has 0 amide bonds. The van der Waals surface area contributed by atoms with Gasteiger partial charge >= 0.3 is 5.97 Å². The maximum atomic E-state index is 10.7. The zero-order valence-electron chi connectivity index (χ0n) is 8.42. The van der Waals surface area contributed by atoms with Gasteiger partial charge in [0.1, 0.15) is 17.2 Å². The van der Waals surface area contributed by atoms with Crippen LogP contribution in [0.1, 0.15) is 21.4 Å². The summed E-state index contributed by atoms with van der Waals surface area (Å²) in [6.07, 6.45) is 1.29. The zero-order chi connectivity index (χ0) is 11.5. The smallest absolute Gasteiger partial charge is 0.341 e. The molecular formula is C9H11N3O2S2. The minimum absolute atomic E-state index is 0.0304. The lowest BCUT2D eigenvalue weighted by Gasteiger charge is -2.19. The van der Waals surface area contributed by atoms with Gasteiger partial charge in [-0.25, -0.2) is 14.8 Å². The summed E-state index contributed by atoms with van der Waals surface area (Å²) in [5, 5.41) is 9.02. The maximum Gasteiger partial charge on any atom is 0.341 e. The lowest BCUT2D eigenvalue weighted by molar-refractivity contribution is 0.0697. The number of hydrogen-bond donors (Lipinski definition) is 2. The van der Waals surface area contributed by atoms with Crippen LogP contribution in [0.3, 0.4) is 0 Å². The second-order valence-electron chi connectivity index (χ2n) is 3.27. The largest absolute Gasteiger partial charge is 0.477 e. The van der Waals surface area contributed by atoms with Gasteiger partial charge in [-0.15, -0.1) is 11.8 Å². The van der Waals surface area contributed by atoms with Crippen LogP contribution in [-0.4, -0.2) is 38.3 Å². The highest BCUT2D eigenvalue weighted by Crippen LogP contribution is 2.35. The van der Waals surface area contributed by atoms with Crippen LogP contribution < -0.4 is 5.73 Å². The van der Waals surface area contributed by atoms with Crippen LogP contribution in [0.15, 0.2) is 6.20 Å². The normalized spacial score (nSPS) is 20.6. The highest BCUT2D eigenvalue weighted by molar-refractivity contribution is 8.06. The molecule has 0 bridgehead atoms. The van der Waals surface area contributed by atoms with Gasteiger partial charge in [-0.3, -0.25) is 0 Å². The quantitative estimate of drug-likeness (QED) is 0.824. The second-order valence-corrected chi connectivity index (χ2v) is 5.73. The molecule has 1 atom stereocenters. The molecule has 7 heteroatoms. The van der Waals surface area contributed by atoms with Crippen LogP contribution in [-0.2, 0) is 0 Å². The molecule has 1 aromatic rings. The van der Waals surface area contributed by atoms with Gasteiger partial charge < -0.3 is 10.8 Å². The average Bonchev–Trinajstić information content (AvgIpc) is 2.29. The minimum atomic E-state index is -1.09. The van der Waals surface area contributed by atoms with E-state index in [-0.39, 0.29) is 16.6 Å². The first-order valence-electron chi connectivity index (χ1n) is 4.73. The molecule has 5 nitrogen and oxygen atoms in total. The van der Waals surface area contributed by atoms with Crippen molar-refractivity contribution in [3.63, 3.8) is 0 Å².